The van der Waals surface area contributed by atoms with Gasteiger partial charge in [-0.1, -0.05) is 12.1 Å². The molecule has 1 saturated carbocycles. The Kier molecular flexibility index (Phi) is 2.52. The summed E-state index contributed by atoms with van der Waals surface area (Å²) in [5.74, 6) is 0.560. The molecule has 0 unspecified atom stereocenters. The van der Waals surface area contributed by atoms with Gasteiger partial charge in [0.15, 0.2) is 5.58 Å². The molecule has 2 aromatic rings. The summed E-state index contributed by atoms with van der Waals surface area (Å²) in [7, 11) is 1.98. The van der Waals surface area contributed by atoms with Crippen molar-refractivity contribution in [3.8, 4) is 0 Å². The van der Waals surface area contributed by atoms with Gasteiger partial charge in [0.25, 0.3) is 6.01 Å². The summed E-state index contributed by atoms with van der Waals surface area (Å²) in [6.45, 7) is 0.893. The number of benzene rings is 1. The molecule has 1 aliphatic rings. The van der Waals surface area contributed by atoms with Gasteiger partial charge in [0.2, 0.25) is 0 Å². The molecule has 0 radical (unpaired) electrons. The van der Waals surface area contributed by atoms with Gasteiger partial charge in [0.1, 0.15) is 5.52 Å². The van der Waals surface area contributed by atoms with Gasteiger partial charge in [0.05, 0.1) is 6.10 Å². The first-order valence-electron chi connectivity index (χ1n) is 5.97. The standard InChI is InChI=1S/C13H16N2O2/c1-15(8-9-6-10(16)7-9)13-14-11-4-2-3-5-12(11)17-13/h2-5,9-10,16H,6-8H2,1H3. The molecule has 90 valence electrons. The first-order chi connectivity index (χ1) is 8.22. The van der Waals surface area contributed by atoms with E-state index in [1.807, 2.05) is 36.2 Å². The maximum Gasteiger partial charge on any atom is 0.298 e. The van der Waals surface area contributed by atoms with Crippen LogP contribution in [0.4, 0.5) is 6.01 Å². The lowest BCUT2D eigenvalue weighted by Crippen LogP contribution is -2.37. The SMILES string of the molecule is CN(CC1CC(O)C1)c1nc2ccccc2o1. The van der Waals surface area contributed by atoms with Gasteiger partial charge in [-0.2, -0.15) is 4.98 Å². The van der Waals surface area contributed by atoms with Crippen molar-refractivity contribution in [2.24, 2.45) is 5.92 Å². The number of para-hydroxylation sites is 2. The van der Waals surface area contributed by atoms with Crippen molar-refractivity contribution in [3.05, 3.63) is 24.3 Å². The molecule has 1 aromatic heterocycles. The average Bonchev–Trinajstić information content (AvgIpc) is 2.70. The summed E-state index contributed by atoms with van der Waals surface area (Å²) in [6, 6.07) is 8.43. The number of oxazole rings is 1. The maximum atomic E-state index is 9.26. The Morgan fingerprint density at radius 1 is 1.41 bits per heavy atom. The van der Waals surface area contributed by atoms with Crippen molar-refractivity contribution < 1.29 is 9.52 Å². The highest BCUT2D eigenvalue weighted by molar-refractivity contribution is 5.74. The summed E-state index contributed by atoms with van der Waals surface area (Å²) < 4.78 is 5.68. The topological polar surface area (TPSA) is 49.5 Å². The Morgan fingerprint density at radius 2 is 2.18 bits per heavy atom. The summed E-state index contributed by atoms with van der Waals surface area (Å²) in [5, 5.41) is 9.26. The maximum absolute atomic E-state index is 9.26. The molecule has 0 atom stereocenters. The van der Waals surface area contributed by atoms with Gasteiger partial charge in [-0.25, -0.2) is 0 Å². The van der Waals surface area contributed by atoms with E-state index in [0.29, 0.717) is 11.9 Å². The van der Waals surface area contributed by atoms with Crippen LogP contribution in [0, 0.1) is 5.92 Å². The lowest BCUT2D eigenvalue weighted by molar-refractivity contribution is 0.0461. The second kappa shape index (κ2) is 4.04. The smallest absolute Gasteiger partial charge is 0.298 e. The van der Waals surface area contributed by atoms with Crippen LogP contribution in [0.25, 0.3) is 11.1 Å². The molecular formula is C13H16N2O2. The highest BCUT2D eigenvalue weighted by atomic mass is 16.4. The van der Waals surface area contributed by atoms with Crippen LogP contribution in [0.2, 0.25) is 0 Å². The van der Waals surface area contributed by atoms with Gasteiger partial charge in [-0.3, -0.25) is 0 Å². The minimum atomic E-state index is -0.1000. The Labute approximate surface area is 99.9 Å². The van der Waals surface area contributed by atoms with Gasteiger partial charge in [-0.15, -0.1) is 0 Å². The fourth-order valence-corrected chi connectivity index (χ4v) is 2.34. The fraction of sp³-hybridized carbons (Fsp3) is 0.462. The van der Waals surface area contributed by atoms with Crippen LogP contribution in [0.3, 0.4) is 0 Å². The zero-order valence-electron chi connectivity index (χ0n) is 9.84. The molecule has 1 aromatic carbocycles. The minimum Gasteiger partial charge on any atom is -0.423 e. The first-order valence-corrected chi connectivity index (χ1v) is 5.97. The quantitative estimate of drug-likeness (QED) is 0.879. The highest BCUT2D eigenvalue weighted by Crippen LogP contribution is 2.29. The largest absolute Gasteiger partial charge is 0.423 e. The lowest BCUT2D eigenvalue weighted by atomic mass is 9.82. The van der Waals surface area contributed by atoms with Crippen LogP contribution in [0.1, 0.15) is 12.8 Å². The molecular weight excluding hydrogens is 216 g/mol. The molecule has 0 spiro atoms. The van der Waals surface area contributed by atoms with Gasteiger partial charge in [0, 0.05) is 13.6 Å². The minimum absolute atomic E-state index is 0.1000. The molecule has 4 heteroatoms. The third kappa shape index (κ3) is 2.00. The van der Waals surface area contributed by atoms with Gasteiger partial charge >= 0.3 is 0 Å². The number of hydrogen-bond donors (Lipinski definition) is 1. The zero-order chi connectivity index (χ0) is 11.8. The van der Waals surface area contributed by atoms with E-state index in [9.17, 15) is 5.11 Å². The molecule has 1 heterocycles. The molecule has 0 saturated heterocycles. The molecule has 0 aliphatic heterocycles. The van der Waals surface area contributed by atoms with E-state index in [1.165, 1.54) is 0 Å². The average molecular weight is 232 g/mol. The molecule has 1 fully saturated rings. The second-order valence-electron chi connectivity index (χ2n) is 4.84. The third-order valence-electron chi connectivity index (χ3n) is 3.35. The van der Waals surface area contributed by atoms with Crippen LogP contribution in [-0.4, -0.2) is 29.8 Å². The summed E-state index contributed by atoms with van der Waals surface area (Å²) in [6.07, 6.45) is 1.69. The van der Waals surface area contributed by atoms with Crippen LogP contribution >= 0.6 is 0 Å². The van der Waals surface area contributed by atoms with Crippen molar-refractivity contribution in [3.63, 3.8) is 0 Å². The summed E-state index contributed by atoms with van der Waals surface area (Å²) in [4.78, 5) is 6.46. The Morgan fingerprint density at radius 3 is 2.88 bits per heavy atom. The first kappa shape index (κ1) is 10.6. The summed E-state index contributed by atoms with van der Waals surface area (Å²) >= 11 is 0. The van der Waals surface area contributed by atoms with Crippen molar-refractivity contribution in [1.29, 1.82) is 0 Å². The molecule has 4 nitrogen and oxygen atoms in total. The number of fused-ring (bicyclic) bond motifs is 1. The normalized spacial score (nSPS) is 23.6. The van der Waals surface area contributed by atoms with Crippen molar-refractivity contribution in [2.75, 3.05) is 18.5 Å². The molecule has 1 aliphatic carbocycles. The third-order valence-corrected chi connectivity index (χ3v) is 3.35. The van der Waals surface area contributed by atoms with Crippen LogP contribution < -0.4 is 4.90 Å². The van der Waals surface area contributed by atoms with Crippen LogP contribution in [-0.2, 0) is 0 Å². The van der Waals surface area contributed by atoms with E-state index < -0.39 is 0 Å². The van der Waals surface area contributed by atoms with E-state index in [1.54, 1.807) is 0 Å². The lowest BCUT2D eigenvalue weighted by Gasteiger charge is -2.33. The second-order valence-corrected chi connectivity index (χ2v) is 4.84. The molecule has 17 heavy (non-hydrogen) atoms. The number of anilines is 1. The highest BCUT2D eigenvalue weighted by Gasteiger charge is 2.28. The van der Waals surface area contributed by atoms with Gasteiger partial charge < -0.3 is 14.4 Å². The van der Waals surface area contributed by atoms with Crippen molar-refractivity contribution in [2.45, 2.75) is 18.9 Å². The van der Waals surface area contributed by atoms with Gasteiger partial charge in [-0.05, 0) is 30.9 Å². The number of rotatable bonds is 3. The van der Waals surface area contributed by atoms with E-state index in [0.717, 1.165) is 30.5 Å². The molecule has 3 rings (SSSR count). The Balaban J connectivity index is 1.74. The van der Waals surface area contributed by atoms with E-state index in [4.69, 9.17) is 4.42 Å². The zero-order valence-corrected chi connectivity index (χ0v) is 9.84. The molecule has 0 bridgehead atoms. The van der Waals surface area contributed by atoms with E-state index in [-0.39, 0.29) is 6.10 Å². The van der Waals surface area contributed by atoms with Crippen LogP contribution in [0.5, 0.6) is 0 Å². The van der Waals surface area contributed by atoms with Crippen LogP contribution in [0.15, 0.2) is 28.7 Å². The predicted molar refractivity (Wildman–Crippen MR) is 66.0 cm³/mol. The number of aliphatic hydroxyl groups is 1. The number of aromatic nitrogens is 1. The predicted octanol–water partition coefficient (Wildman–Crippen LogP) is 2.03. The van der Waals surface area contributed by atoms with Crippen molar-refractivity contribution >= 4 is 17.1 Å². The van der Waals surface area contributed by atoms with E-state index in [2.05, 4.69) is 4.98 Å². The van der Waals surface area contributed by atoms with Crippen molar-refractivity contribution in [1.82, 2.24) is 4.98 Å². The fourth-order valence-electron chi connectivity index (χ4n) is 2.34. The Hall–Kier alpha value is -1.55. The summed E-state index contributed by atoms with van der Waals surface area (Å²) in [5.41, 5.74) is 1.71. The number of nitrogens with zero attached hydrogens (tertiary/aromatic N) is 2. The number of hydrogen-bond acceptors (Lipinski definition) is 4. The Bertz CT molecular complexity index is 484. The molecule has 0 amide bonds. The molecule has 1 N–H and O–H groups in total. The number of aliphatic hydroxyl groups excluding tert-OH is 1. The van der Waals surface area contributed by atoms with E-state index >= 15 is 0 Å². The monoisotopic (exact) mass is 232 g/mol.